The summed E-state index contributed by atoms with van der Waals surface area (Å²) in [6.45, 7) is 10.5. The van der Waals surface area contributed by atoms with Crippen LogP contribution in [0.25, 0.3) is 0 Å². The minimum absolute atomic E-state index is 0. The van der Waals surface area contributed by atoms with Crippen LogP contribution in [0.15, 0.2) is 0 Å². The molecule has 1 aromatic rings. The van der Waals surface area contributed by atoms with Crippen LogP contribution in [0.3, 0.4) is 0 Å². The van der Waals surface area contributed by atoms with Gasteiger partial charge in [-0.05, 0) is 51.6 Å². The van der Waals surface area contributed by atoms with Gasteiger partial charge >= 0.3 is 0 Å². The van der Waals surface area contributed by atoms with Crippen LogP contribution < -0.4 is 5.32 Å². The summed E-state index contributed by atoms with van der Waals surface area (Å²) in [4.78, 5) is 14.7. The van der Waals surface area contributed by atoms with Crippen LogP contribution >= 0.6 is 12.4 Å². The van der Waals surface area contributed by atoms with Crippen molar-refractivity contribution in [2.75, 3.05) is 32.8 Å². The highest BCUT2D eigenvalue weighted by atomic mass is 35.5. The average molecular weight is 386 g/mol. The Hall–Kier alpha value is -1.18. The number of hydrogen-bond donors (Lipinski definition) is 1. The lowest BCUT2D eigenvalue weighted by molar-refractivity contribution is 0.0482. The van der Waals surface area contributed by atoms with Gasteiger partial charge in [-0.15, -0.1) is 17.5 Å². The summed E-state index contributed by atoms with van der Waals surface area (Å²) in [5, 5.41) is 11.8. The van der Waals surface area contributed by atoms with E-state index in [1.54, 1.807) is 0 Å². The zero-order chi connectivity index (χ0) is 17.8. The van der Waals surface area contributed by atoms with Crippen molar-refractivity contribution in [2.45, 2.75) is 58.6 Å². The molecule has 2 aliphatic heterocycles. The maximum atomic E-state index is 12.8. The molecule has 26 heavy (non-hydrogen) atoms. The molecule has 0 saturated carbocycles. The first-order valence-corrected chi connectivity index (χ1v) is 9.59. The van der Waals surface area contributed by atoms with Crippen LogP contribution in [0.1, 0.15) is 61.8 Å². The molecular formula is C18H32ClN5O2. The van der Waals surface area contributed by atoms with Gasteiger partial charge in [0.25, 0.3) is 5.91 Å². The van der Waals surface area contributed by atoms with Gasteiger partial charge in [-0.1, -0.05) is 19.1 Å². The Morgan fingerprint density at radius 1 is 1.31 bits per heavy atom. The first-order valence-electron chi connectivity index (χ1n) is 9.59. The number of amides is 1. The van der Waals surface area contributed by atoms with Crippen molar-refractivity contribution in [3.8, 4) is 0 Å². The standard InChI is InChI=1S/C18H31N5O2.ClH/c1-13(2)7-11-25-16-6-10-22(12-16)18(24)17-14(3)23(21-20-17)15-4-8-19-9-5-15;/h13,15-16,19H,4-12H2,1-3H3;1H. The van der Waals surface area contributed by atoms with Gasteiger partial charge in [0.05, 0.1) is 17.8 Å². The molecule has 0 radical (unpaired) electrons. The number of nitrogens with one attached hydrogen (secondary N) is 1. The molecule has 2 fully saturated rings. The maximum Gasteiger partial charge on any atom is 0.276 e. The smallest absolute Gasteiger partial charge is 0.276 e. The molecule has 1 N–H and O–H groups in total. The molecule has 0 bridgehead atoms. The summed E-state index contributed by atoms with van der Waals surface area (Å²) in [5.74, 6) is 0.638. The molecule has 1 atom stereocenters. The summed E-state index contributed by atoms with van der Waals surface area (Å²) < 4.78 is 7.86. The van der Waals surface area contributed by atoms with E-state index in [9.17, 15) is 4.79 Å². The van der Waals surface area contributed by atoms with Crippen LogP contribution in [-0.2, 0) is 4.74 Å². The first-order chi connectivity index (χ1) is 12.1. The molecule has 8 heteroatoms. The summed E-state index contributed by atoms with van der Waals surface area (Å²) in [6, 6.07) is 0.348. The van der Waals surface area contributed by atoms with E-state index < -0.39 is 0 Å². The van der Waals surface area contributed by atoms with Crippen molar-refractivity contribution < 1.29 is 9.53 Å². The fourth-order valence-corrected chi connectivity index (χ4v) is 3.61. The minimum Gasteiger partial charge on any atom is -0.376 e. The average Bonchev–Trinajstić information content (AvgIpc) is 3.22. The fourth-order valence-electron chi connectivity index (χ4n) is 3.61. The second-order valence-electron chi connectivity index (χ2n) is 7.66. The Bertz CT molecular complexity index is 586. The molecule has 3 heterocycles. The Morgan fingerprint density at radius 3 is 2.73 bits per heavy atom. The number of ether oxygens (including phenoxy) is 1. The molecule has 1 unspecified atom stereocenters. The van der Waals surface area contributed by atoms with E-state index in [1.807, 2.05) is 16.5 Å². The van der Waals surface area contributed by atoms with Crippen molar-refractivity contribution in [2.24, 2.45) is 5.92 Å². The fraction of sp³-hybridized carbons (Fsp3) is 0.833. The first kappa shape index (κ1) is 21.1. The molecule has 2 saturated heterocycles. The van der Waals surface area contributed by atoms with Crippen LogP contribution in [0.4, 0.5) is 0 Å². The van der Waals surface area contributed by atoms with Crippen molar-refractivity contribution in [1.29, 1.82) is 0 Å². The Kier molecular flexibility index (Phi) is 7.85. The van der Waals surface area contributed by atoms with E-state index in [4.69, 9.17) is 4.74 Å². The number of aromatic nitrogens is 3. The van der Waals surface area contributed by atoms with E-state index in [0.717, 1.165) is 57.6 Å². The van der Waals surface area contributed by atoms with Crippen molar-refractivity contribution in [3.05, 3.63) is 11.4 Å². The van der Waals surface area contributed by atoms with Gasteiger partial charge in [0.15, 0.2) is 5.69 Å². The molecule has 7 nitrogen and oxygen atoms in total. The largest absolute Gasteiger partial charge is 0.376 e. The predicted molar refractivity (Wildman–Crippen MR) is 103 cm³/mol. The number of halogens is 1. The SMILES string of the molecule is Cc1c(C(=O)N2CCC(OCCC(C)C)C2)nnn1C1CCNCC1.Cl. The summed E-state index contributed by atoms with van der Waals surface area (Å²) in [6.07, 6.45) is 4.20. The Balaban J connectivity index is 0.00000243. The summed E-state index contributed by atoms with van der Waals surface area (Å²) in [7, 11) is 0. The van der Waals surface area contributed by atoms with Gasteiger partial charge in [0.1, 0.15) is 0 Å². The zero-order valence-corrected chi connectivity index (χ0v) is 16.9. The molecule has 0 spiro atoms. The third kappa shape index (κ3) is 4.96. The quantitative estimate of drug-likeness (QED) is 0.812. The highest BCUT2D eigenvalue weighted by molar-refractivity contribution is 5.93. The van der Waals surface area contributed by atoms with Gasteiger partial charge < -0.3 is 15.0 Å². The highest BCUT2D eigenvalue weighted by Gasteiger charge is 2.31. The Morgan fingerprint density at radius 2 is 2.04 bits per heavy atom. The molecule has 2 aliphatic rings. The molecule has 148 valence electrons. The van der Waals surface area contributed by atoms with Gasteiger partial charge in [-0.2, -0.15) is 0 Å². The van der Waals surface area contributed by atoms with Gasteiger partial charge in [-0.3, -0.25) is 4.79 Å². The second-order valence-corrected chi connectivity index (χ2v) is 7.66. The van der Waals surface area contributed by atoms with Gasteiger partial charge in [0, 0.05) is 19.7 Å². The third-order valence-corrected chi connectivity index (χ3v) is 5.27. The Labute approximate surface area is 162 Å². The number of rotatable bonds is 6. The lowest BCUT2D eigenvalue weighted by atomic mass is 10.1. The van der Waals surface area contributed by atoms with Gasteiger partial charge in [0.2, 0.25) is 0 Å². The zero-order valence-electron chi connectivity index (χ0n) is 16.1. The van der Waals surface area contributed by atoms with Crippen LogP contribution in [0.5, 0.6) is 0 Å². The third-order valence-electron chi connectivity index (χ3n) is 5.27. The van der Waals surface area contributed by atoms with E-state index in [-0.39, 0.29) is 24.4 Å². The number of piperidine rings is 1. The van der Waals surface area contributed by atoms with Crippen LogP contribution in [0.2, 0.25) is 0 Å². The topological polar surface area (TPSA) is 72.3 Å². The van der Waals surface area contributed by atoms with E-state index >= 15 is 0 Å². The number of carbonyl (C=O) groups excluding carboxylic acids is 1. The molecule has 1 aromatic heterocycles. The molecular weight excluding hydrogens is 354 g/mol. The number of nitrogens with zero attached hydrogens (tertiary/aromatic N) is 4. The van der Waals surface area contributed by atoms with Crippen molar-refractivity contribution >= 4 is 18.3 Å². The molecule has 3 rings (SSSR count). The lowest BCUT2D eigenvalue weighted by Gasteiger charge is -2.23. The number of likely N-dealkylation sites (tertiary alicyclic amines) is 1. The van der Waals surface area contributed by atoms with Crippen molar-refractivity contribution in [1.82, 2.24) is 25.2 Å². The number of carbonyl (C=O) groups is 1. The minimum atomic E-state index is -0.00681. The molecule has 0 aromatic carbocycles. The second kappa shape index (κ2) is 9.67. The molecule has 1 amide bonds. The number of hydrogen-bond acceptors (Lipinski definition) is 5. The maximum absolute atomic E-state index is 12.8. The highest BCUT2D eigenvalue weighted by Crippen LogP contribution is 2.22. The van der Waals surface area contributed by atoms with Crippen molar-refractivity contribution in [3.63, 3.8) is 0 Å². The predicted octanol–water partition coefficient (Wildman–Crippen LogP) is 2.21. The normalized spacial score (nSPS) is 21.2. The molecule has 0 aliphatic carbocycles. The van der Waals surface area contributed by atoms with E-state index in [0.29, 0.717) is 24.2 Å². The van der Waals surface area contributed by atoms with Gasteiger partial charge in [-0.25, -0.2) is 4.68 Å². The van der Waals surface area contributed by atoms with E-state index in [1.165, 1.54) is 0 Å². The summed E-state index contributed by atoms with van der Waals surface area (Å²) in [5.41, 5.74) is 1.39. The van der Waals surface area contributed by atoms with Crippen LogP contribution in [-0.4, -0.2) is 64.7 Å². The monoisotopic (exact) mass is 385 g/mol. The summed E-state index contributed by atoms with van der Waals surface area (Å²) >= 11 is 0. The van der Waals surface area contributed by atoms with E-state index in [2.05, 4.69) is 29.5 Å². The lowest BCUT2D eigenvalue weighted by Crippen LogP contribution is -2.32. The van der Waals surface area contributed by atoms with Crippen LogP contribution in [0, 0.1) is 12.8 Å².